The van der Waals surface area contributed by atoms with Crippen LogP contribution in [-0.2, 0) is 14.9 Å². The van der Waals surface area contributed by atoms with E-state index in [2.05, 4.69) is 5.32 Å². The predicted octanol–water partition coefficient (Wildman–Crippen LogP) is 3.38. The van der Waals surface area contributed by atoms with Crippen LogP contribution in [0, 0.1) is 0 Å². The Bertz CT molecular complexity index is 663. The van der Waals surface area contributed by atoms with E-state index in [0.29, 0.717) is 26.1 Å². The van der Waals surface area contributed by atoms with Crippen LogP contribution in [0.15, 0.2) is 54.6 Å². The number of rotatable bonds is 4. The SMILES string of the molecule is COc1cccc(NC(=O)C2(c3ccccc3)CCOCC2)c1. The van der Waals surface area contributed by atoms with Crippen LogP contribution < -0.4 is 10.1 Å². The van der Waals surface area contributed by atoms with Gasteiger partial charge < -0.3 is 14.8 Å². The molecule has 0 aromatic heterocycles. The van der Waals surface area contributed by atoms with Crippen LogP contribution in [0.1, 0.15) is 18.4 Å². The van der Waals surface area contributed by atoms with E-state index >= 15 is 0 Å². The first kappa shape index (κ1) is 15.6. The third-order valence-electron chi connectivity index (χ3n) is 4.43. The maximum absolute atomic E-state index is 13.1. The molecular weight excluding hydrogens is 290 g/mol. The van der Waals surface area contributed by atoms with Gasteiger partial charge in [-0.15, -0.1) is 0 Å². The Labute approximate surface area is 136 Å². The topological polar surface area (TPSA) is 47.6 Å². The molecule has 0 spiro atoms. The van der Waals surface area contributed by atoms with Crippen molar-refractivity contribution in [3.8, 4) is 5.75 Å². The molecule has 1 aliphatic heterocycles. The molecule has 1 amide bonds. The van der Waals surface area contributed by atoms with Crippen LogP contribution in [0.4, 0.5) is 5.69 Å². The average molecular weight is 311 g/mol. The Hall–Kier alpha value is -2.33. The van der Waals surface area contributed by atoms with Crippen molar-refractivity contribution in [1.82, 2.24) is 0 Å². The maximum Gasteiger partial charge on any atom is 0.235 e. The third-order valence-corrected chi connectivity index (χ3v) is 4.43. The van der Waals surface area contributed by atoms with Gasteiger partial charge in [-0.25, -0.2) is 0 Å². The van der Waals surface area contributed by atoms with Crippen LogP contribution in [0.25, 0.3) is 0 Å². The lowest BCUT2D eigenvalue weighted by atomic mass is 9.73. The summed E-state index contributed by atoms with van der Waals surface area (Å²) in [6.07, 6.45) is 1.37. The molecule has 1 fully saturated rings. The van der Waals surface area contributed by atoms with Crippen LogP contribution >= 0.6 is 0 Å². The number of methoxy groups -OCH3 is 1. The van der Waals surface area contributed by atoms with E-state index in [9.17, 15) is 4.79 Å². The minimum Gasteiger partial charge on any atom is -0.497 e. The summed E-state index contributed by atoms with van der Waals surface area (Å²) in [6, 6.07) is 17.4. The third kappa shape index (κ3) is 3.22. The molecule has 0 radical (unpaired) electrons. The molecule has 120 valence electrons. The molecule has 4 heteroatoms. The Morgan fingerprint density at radius 2 is 1.83 bits per heavy atom. The fraction of sp³-hybridized carbons (Fsp3) is 0.316. The van der Waals surface area contributed by atoms with Gasteiger partial charge in [0, 0.05) is 25.0 Å². The van der Waals surface area contributed by atoms with E-state index in [-0.39, 0.29) is 5.91 Å². The second-order valence-electron chi connectivity index (χ2n) is 5.75. The fourth-order valence-corrected chi connectivity index (χ4v) is 3.08. The van der Waals surface area contributed by atoms with E-state index < -0.39 is 5.41 Å². The van der Waals surface area contributed by atoms with Crippen molar-refractivity contribution >= 4 is 11.6 Å². The highest BCUT2D eigenvalue weighted by molar-refractivity contribution is 5.99. The lowest BCUT2D eigenvalue weighted by Crippen LogP contribution is -2.44. The molecule has 1 heterocycles. The van der Waals surface area contributed by atoms with Crippen molar-refractivity contribution < 1.29 is 14.3 Å². The van der Waals surface area contributed by atoms with Gasteiger partial charge in [0.25, 0.3) is 0 Å². The first-order valence-electron chi connectivity index (χ1n) is 7.83. The molecule has 3 rings (SSSR count). The zero-order chi connectivity index (χ0) is 16.1. The molecule has 0 saturated carbocycles. The molecule has 1 aliphatic rings. The smallest absolute Gasteiger partial charge is 0.235 e. The van der Waals surface area contributed by atoms with Crippen molar-refractivity contribution in [2.75, 3.05) is 25.6 Å². The van der Waals surface area contributed by atoms with Gasteiger partial charge >= 0.3 is 0 Å². The van der Waals surface area contributed by atoms with E-state index in [1.54, 1.807) is 7.11 Å². The van der Waals surface area contributed by atoms with Gasteiger partial charge in [-0.05, 0) is 30.5 Å². The van der Waals surface area contributed by atoms with E-state index in [1.165, 1.54) is 0 Å². The van der Waals surface area contributed by atoms with Gasteiger partial charge in [0.2, 0.25) is 5.91 Å². The summed E-state index contributed by atoms with van der Waals surface area (Å²) in [5, 5.41) is 3.05. The number of benzene rings is 2. The summed E-state index contributed by atoms with van der Waals surface area (Å²) in [5.41, 5.74) is 1.25. The van der Waals surface area contributed by atoms with E-state index in [0.717, 1.165) is 17.0 Å². The summed E-state index contributed by atoms with van der Waals surface area (Å²) in [7, 11) is 1.62. The van der Waals surface area contributed by atoms with Gasteiger partial charge in [0.1, 0.15) is 5.75 Å². The Balaban J connectivity index is 1.89. The predicted molar refractivity (Wildman–Crippen MR) is 89.8 cm³/mol. The Morgan fingerprint density at radius 1 is 1.09 bits per heavy atom. The van der Waals surface area contributed by atoms with Gasteiger partial charge in [-0.3, -0.25) is 4.79 Å². The fourth-order valence-electron chi connectivity index (χ4n) is 3.08. The van der Waals surface area contributed by atoms with Crippen molar-refractivity contribution in [2.24, 2.45) is 0 Å². The largest absolute Gasteiger partial charge is 0.497 e. The molecule has 0 aliphatic carbocycles. The van der Waals surface area contributed by atoms with Crippen molar-refractivity contribution in [3.63, 3.8) is 0 Å². The summed E-state index contributed by atoms with van der Waals surface area (Å²) < 4.78 is 10.7. The van der Waals surface area contributed by atoms with Gasteiger partial charge in [-0.2, -0.15) is 0 Å². The minimum absolute atomic E-state index is 0.0141. The highest BCUT2D eigenvalue weighted by atomic mass is 16.5. The number of anilines is 1. The molecule has 0 bridgehead atoms. The molecule has 2 aromatic carbocycles. The monoisotopic (exact) mass is 311 g/mol. The number of hydrogen-bond donors (Lipinski definition) is 1. The first-order chi connectivity index (χ1) is 11.2. The van der Waals surface area contributed by atoms with Crippen molar-refractivity contribution in [3.05, 3.63) is 60.2 Å². The normalized spacial score (nSPS) is 16.6. The Kier molecular flexibility index (Phi) is 4.63. The lowest BCUT2D eigenvalue weighted by Gasteiger charge is -2.36. The van der Waals surface area contributed by atoms with E-state index in [4.69, 9.17) is 9.47 Å². The molecule has 2 aromatic rings. The van der Waals surface area contributed by atoms with Crippen LogP contribution in [0.5, 0.6) is 5.75 Å². The zero-order valence-corrected chi connectivity index (χ0v) is 13.2. The average Bonchev–Trinajstić information content (AvgIpc) is 2.63. The second-order valence-corrected chi connectivity index (χ2v) is 5.75. The highest BCUT2D eigenvalue weighted by Crippen LogP contribution is 2.36. The molecule has 0 atom stereocenters. The molecule has 1 saturated heterocycles. The van der Waals surface area contributed by atoms with Gasteiger partial charge in [0.05, 0.1) is 12.5 Å². The van der Waals surface area contributed by atoms with E-state index in [1.807, 2.05) is 54.6 Å². The number of ether oxygens (including phenoxy) is 2. The molecular formula is C19H21NO3. The zero-order valence-electron chi connectivity index (χ0n) is 13.2. The number of carbonyl (C=O) groups excluding carboxylic acids is 1. The van der Waals surface area contributed by atoms with Gasteiger partial charge in [-0.1, -0.05) is 36.4 Å². The Morgan fingerprint density at radius 3 is 2.52 bits per heavy atom. The molecule has 23 heavy (non-hydrogen) atoms. The molecule has 4 nitrogen and oxygen atoms in total. The number of carbonyl (C=O) groups is 1. The highest BCUT2D eigenvalue weighted by Gasteiger charge is 2.41. The maximum atomic E-state index is 13.1. The second kappa shape index (κ2) is 6.84. The summed E-state index contributed by atoms with van der Waals surface area (Å²) >= 11 is 0. The number of nitrogens with one attached hydrogen (secondary N) is 1. The van der Waals surface area contributed by atoms with Crippen LogP contribution in [-0.4, -0.2) is 26.2 Å². The van der Waals surface area contributed by atoms with Crippen molar-refractivity contribution in [2.45, 2.75) is 18.3 Å². The van der Waals surface area contributed by atoms with Crippen LogP contribution in [0.2, 0.25) is 0 Å². The van der Waals surface area contributed by atoms with Gasteiger partial charge in [0.15, 0.2) is 0 Å². The molecule has 0 unspecified atom stereocenters. The summed E-state index contributed by atoms with van der Waals surface area (Å²) in [5.74, 6) is 0.740. The number of hydrogen-bond acceptors (Lipinski definition) is 3. The standard InChI is InChI=1S/C19H21NO3/c1-22-17-9-5-8-16(14-17)20-18(21)19(10-12-23-13-11-19)15-6-3-2-4-7-15/h2-9,14H,10-13H2,1H3,(H,20,21). The summed E-state index contributed by atoms with van der Waals surface area (Å²) in [4.78, 5) is 13.1. The van der Waals surface area contributed by atoms with Crippen LogP contribution in [0.3, 0.4) is 0 Å². The molecule has 1 N–H and O–H groups in total. The minimum atomic E-state index is -0.539. The quantitative estimate of drug-likeness (QED) is 0.941. The van der Waals surface area contributed by atoms with Crippen molar-refractivity contribution in [1.29, 1.82) is 0 Å². The number of amides is 1. The summed E-state index contributed by atoms with van der Waals surface area (Å²) in [6.45, 7) is 1.20. The lowest BCUT2D eigenvalue weighted by molar-refractivity contribution is -0.125. The first-order valence-corrected chi connectivity index (χ1v) is 7.83.